The van der Waals surface area contributed by atoms with Gasteiger partial charge in [-0.15, -0.1) is 0 Å². The van der Waals surface area contributed by atoms with Crippen LogP contribution in [0, 0.1) is 17.3 Å². The standard InChI is InChI=1S/C17H36N2/c1-13(2)14(3)19(7)17(12-18)10-8-15(9-11-17)16(4,5)6/h13-15H,8-12,18H2,1-7H3. The molecular weight excluding hydrogens is 232 g/mol. The molecule has 0 aromatic rings. The Morgan fingerprint density at radius 3 is 1.95 bits per heavy atom. The molecule has 0 aromatic heterocycles. The molecule has 0 aromatic carbocycles. The van der Waals surface area contributed by atoms with Gasteiger partial charge in [-0.05, 0) is 56.9 Å². The lowest BCUT2D eigenvalue weighted by Crippen LogP contribution is -2.58. The normalized spacial score (nSPS) is 30.9. The van der Waals surface area contributed by atoms with Gasteiger partial charge in [-0.1, -0.05) is 34.6 Å². The maximum absolute atomic E-state index is 6.19. The minimum Gasteiger partial charge on any atom is -0.329 e. The van der Waals surface area contributed by atoms with Crippen molar-refractivity contribution >= 4 is 0 Å². The van der Waals surface area contributed by atoms with Crippen molar-refractivity contribution in [3.8, 4) is 0 Å². The summed E-state index contributed by atoms with van der Waals surface area (Å²) in [5, 5.41) is 0. The highest BCUT2D eigenvalue weighted by Gasteiger charge is 2.42. The van der Waals surface area contributed by atoms with E-state index in [1.807, 2.05) is 0 Å². The summed E-state index contributed by atoms with van der Waals surface area (Å²) in [5.74, 6) is 1.55. The van der Waals surface area contributed by atoms with Crippen molar-refractivity contribution < 1.29 is 0 Å². The van der Waals surface area contributed by atoms with Gasteiger partial charge in [0.15, 0.2) is 0 Å². The van der Waals surface area contributed by atoms with Crippen LogP contribution in [-0.2, 0) is 0 Å². The van der Waals surface area contributed by atoms with Crippen LogP contribution in [0.1, 0.15) is 67.2 Å². The van der Waals surface area contributed by atoms with E-state index in [1.165, 1.54) is 25.7 Å². The highest BCUT2D eigenvalue weighted by molar-refractivity contribution is 4.98. The molecule has 0 spiro atoms. The van der Waals surface area contributed by atoms with Crippen LogP contribution in [0.25, 0.3) is 0 Å². The Bertz CT molecular complexity index is 269. The fourth-order valence-electron chi connectivity index (χ4n) is 3.60. The van der Waals surface area contributed by atoms with Crippen LogP contribution in [0.3, 0.4) is 0 Å². The third-order valence-electron chi connectivity index (χ3n) is 5.84. The summed E-state index contributed by atoms with van der Waals surface area (Å²) in [6.07, 6.45) is 5.18. The summed E-state index contributed by atoms with van der Waals surface area (Å²) in [6.45, 7) is 14.9. The SMILES string of the molecule is CC(C)C(C)N(C)C1(CN)CCC(C(C)(C)C)CC1. The molecule has 1 saturated carbocycles. The van der Waals surface area contributed by atoms with Crippen molar-refractivity contribution in [1.82, 2.24) is 4.90 Å². The average molecular weight is 268 g/mol. The number of hydrogen-bond donors (Lipinski definition) is 1. The lowest BCUT2D eigenvalue weighted by Gasteiger charge is -2.51. The average Bonchev–Trinajstić information content (AvgIpc) is 2.35. The highest BCUT2D eigenvalue weighted by atomic mass is 15.2. The zero-order chi connectivity index (χ0) is 14.8. The van der Waals surface area contributed by atoms with Crippen molar-refractivity contribution in [1.29, 1.82) is 0 Å². The van der Waals surface area contributed by atoms with Gasteiger partial charge in [-0.3, -0.25) is 4.90 Å². The molecule has 1 aliphatic rings. The van der Waals surface area contributed by atoms with E-state index in [-0.39, 0.29) is 5.54 Å². The number of nitrogens with zero attached hydrogens (tertiary/aromatic N) is 1. The monoisotopic (exact) mass is 268 g/mol. The van der Waals surface area contributed by atoms with E-state index in [1.54, 1.807) is 0 Å². The second-order valence-electron chi connectivity index (χ2n) is 8.16. The Balaban J connectivity index is 2.75. The van der Waals surface area contributed by atoms with E-state index in [0.29, 0.717) is 17.4 Å². The van der Waals surface area contributed by atoms with Crippen molar-refractivity contribution in [2.24, 2.45) is 23.0 Å². The number of rotatable bonds is 4. The van der Waals surface area contributed by atoms with Crippen LogP contribution in [-0.4, -0.2) is 30.1 Å². The van der Waals surface area contributed by atoms with Crippen molar-refractivity contribution in [3.63, 3.8) is 0 Å². The van der Waals surface area contributed by atoms with Gasteiger partial charge >= 0.3 is 0 Å². The summed E-state index contributed by atoms with van der Waals surface area (Å²) >= 11 is 0. The number of nitrogens with two attached hydrogens (primary N) is 1. The fourth-order valence-corrected chi connectivity index (χ4v) is 3.60. The Morgan fingerprint density at radius 2 is 1.63 bits per heavy atom. The first-order valence-corrected chi connectivity index (χ1v) is 8.07. The molecule has 0 saturated heterocycles. The first-order chi connectivity index (χ1) is 8.64. The lowest BCUT2D eigenvalue weighted by molar-refractivity contribution is 0.00430. The van der Waals surface area contributed by atoms with E-state index in [2.05, 4.69) is 53.5 Å². The molecule has 19 heavy (non-hydrogen) atoms. The highest BCUT2D eigenvalue weighted by Crippen LogP contribution is 2.43. The van der Waals surface area contributed by atoms with Gasteiger partial charge in [0.2, 0.25) is 0 Å². The summed E-state index contributed by atoms with van der Waals surface area (Å²) < 4.78 is 0. The van der Waals surface area contributed by atoms with Crippen molar-refractivity contribution in [2.75, 3.05) is 13.6 Å². The number of likely N-dealkylation sites (N-methyl/N-ethyl adjacent to an activating group) is 1. The molecule has 0 heterocycles. The minimum absolute atomic E-state index is 0.242. The maximum atomic E-state index is 6.19. The van der Waals surface area contributed by atoms with Gasteiger partial charge in [0.1, 0.15) is 0 Å². The van der Waals surface area contributed by atoms with Crippen LogP contribution in [0.2, 0.25) is 0 Å². The molecule has 1 rings (SSSR count). The molecule has 1 aliphatic carbocycles. The Labute approximate surface area is 121 Å². The van der Waals surface area contributed by atoms with Crippen LogP contribution in [0.15, 0.2) is 0 Å². The van der Waals surface area contributed by atoms with Gasteiger partial charge in [0.25, 0.3) is 0 Å². The van der Waals surface area contributed by atoms with Gasteiger partial charge in [-0.2, -0.15) is 0 Å². The zero-order valence-electron chi connectivity index (χ0n) is 14.3. The molecule has 0 amide bonds. The van der Waals surface area contributed by atoms with Crippen molar-refractivity contribution in [3.05, 3.63) is 0 Å². The number of hydrogen-bond acceptors (Lipinski definition) is 2. The molecule has 0 radical (unpaired) electrons. The second-order valence-corrected chi connectivity index (χ2v) is 8.16. The summed E-state index contributed by atoms with van der Waals surface area (Å²) in [6, 6.07) is 0.606. The predicted molar refractivity (Wildman–Crippen MR) is 85.3 cm³/mol. The van der Waals surface area contributed by atoms with E-state index in [4.69, 9.17) is 5.73 Å². The van der Waals surface area contributed by atoms with Gasteiger partial charge in [0, 0.05) is 18.1 Å². The Hall–Kier alpha value is -0.0800. The van der Waals surface area contributed by atoms with Crippen LogP contribution < -0.4 is 5.73 Å². The lowest BCUT2D eigenvalue weighted by atomic mass is 9.66. The Morgan fingerprint density at radius 1 is 1.16 bits per heavy atom. The van der Waals surface area contributed by atoms with Crippen LogP contribution >= 0.6 is 0 Å². The van der Waals surface area contributed by atoms with E-state index < -0.39 is 0 Å². The molecule has 1 atom stereocenters. The second kappa shape index (κ2) is 6.13. The largest absolute Gasteiger partial charge is 0.329 e. The first kappa shape index (κ1) is 17.0. The van der Waals surface area contributed by atoms with Crippen LogP contribution in [0.4, 0.5) is 0 Å². The molecule has 0 bridgehead atoms. The summed E-state index contributed by atoms with van der Waals surface area (Å²) in [5.41, 5.74) is 6.88. The van der Waals surface area contributed by atoms with Gasteiger partial charge in [0.05, 0.1) is 0 Å². The third-order valence-corrected chi connectivity index (χ3v) is 5.84. The maximum Gasteiger partial charge on any atom is 0.0331 e. The van der Waals surface area contributed by atoms with Crippen LogP contribution in [0.5, 0.6) is 0 Å². The van der Waals surface area contributed by atoms with E-state index in [0.717, 1.165) is 12.5 Å². The first-order valence-electron chi connectivity index (χ1n) is 8.07. The Kier molecular flexibility index (Phi) is 5.48. The molecule has 2 nitrogen and oxygen atoms in total. The molecule has 1 unspecified atom stereocenters. The fraction of sp³-hybridized carbons (Fsp3) is 1.00. The molecule has 0 aliphatic heterocycles. The zero-order valence-corrected chi connectivity index (χ0v) is 14.3. The van der Waals surface area contributed by atoms with Gasteiger partial charge < -0.3 is 5.73 Å². The molecule has 2 heteroatoms. The molecule has 114 valence electrons. The van der Waals surface area contributed by atoms with E-state index >= 15 is 0 Å². The predicted octanol–water partition coefficient (Wildman–Crippen LogP) is 3.90. The molecule has 1 fully saturated rings. The minimum atomic E-state index is 0.242. The third kappa shape index (κ3) is 3.72. The summed E-state index contributed by atoms with van der Waals surface area (Å²) in [7, 11) is 2.29. The van der Waals surface area contributed by atoms with Gasteiger partial charge in [-0.25, -0.2) is 0 Å². The quantitative estimate of drug-likeness (QED) is 0.838. The molecular formula is C17H36N2. The van der Waals surface area contributed by atoms with Crippen molar-refractivity contribution in [2.45, 2.75) is 78.8 Å². The smallest absolute Gasteiger partial charge is 0.0331 e. The molecule has 2 N–H and O–H groups in total. The topological polar surface area (TPSA) is 29.3 Å². The van der Waals surface area contributed by atoms with E-state index in [9.17, 15) is 0 Å². The summed E-state index contributed by atoms with van der Waals surface area (Å²) in [4.78, 5) is 2.58.